The number of aryl methyl sites for hydroxylation is 1. The maximum absolute atomic E-state index is 12.4. The average Bonchev–Trinajstić information content (AvgIpc) is 3.40. The summed E-state index contributed by atoms with van der Waals surface area (Å²) in [7, 11) is 1.86. The molecule has 0 amide bonds. The Morgan fingerprint density at radius 1 is 1.07 bits per heavy atom. The van der Waals surface area contributed by atoms with E-state index in [0.29, 0.717) is 5.82 Å². The molecule has 1 fully saturated rings. The summed E-state index contributed by atoms with van der Waals surface area (Å²) >= 11 is 0. The zero-order valence-corrected chi connectivity index (χ0v) is 15.9. The molecule has 0 unspecified atom stereocenters. The zero-order valence-electron chi connectivity index (χ0n) is 15.9. The van der Waals surface area contributed by atoms with Crippen molar-refractivity contribution in [1.29, 1.82) is 0 Å². The fourth-order valence-corrected chi connectivity index (χ4v) is 3.86. The van der Waals surface area contributed by atoms with Crippen LogP contribution in [0.15, 0.2) is 42.1 Å². The van der Waals surface area contributed by atoms with Crippen molar-refractivity contribution in [3.63, 3.8) is 0 Å². The number of nitrogens with one attached hydrogen (secondary N) is 1. The second kappa shape index (κ2) is 7.08. The molecule has 0 atom stereocenters. The van der Waals surface area contributed by atoms with Crippen LogP contribution in [0.1, 0.15) is 31.7 Å². The summed E-state index contributed by atoms with van der Waals surface area (Å²) in [6, 6.07) is 3.54. The average molecular weight is 392 g/mol. The number of anilines is 1. The third-order valence-corrected chi connectivity index (χ3v) is 5.38. The minimum Gasteiger partial charge on any atom is -0.367 e. The number of nitrogens with zero attached hydrogens (tertiary/aromatic N) is 9. The van der Waals surface area contributed by atoms with Gasteiger partial charge in [0.15, 0.2) is 11.5 Å². The van der Waals surface area contributed by atoms with E-state index in [0.717, 1.165) is 42.5 Å². The summed E-state index contributed by atoms with van der Waals surface area (Å²) in [5.41, 5.74) is 0.704. The van der Waals surface area contributed by atoms with Crippen molar-refractivity contribution in [2.24, 2.45) is 7.05 Å². The first kappa shape index (κ1) is 17.5. The predicted octanol–water partition coefficient (Wildman–Crippen LogP) is 1.10. The van der Waals surface area contributed by atoms with Gasteiger partial charge in [-0.3, -0.25) is 9.48 Å². The van der Waals surface area contributed by atoms with Gasteiger partial charge >= 0.3 is 0 Å². The number of hydrogen-bond donors (Lipinski definition) is 1. The lowest BCUT2D eigenvalue weighted by molar-refractivity contribution is 0.302. The van der Waals surface area contributed by atoms with Crippen LogP contribution in [0.2, 0.25) is 0 Å². The van der Waals surface area contributed by atoms with E-state index in [1.807, 2.05) is 7.05 Å². The summed E-state index contributed by atoms with van der Waals surface area (Å²) in [5, 5.41) is 17.3. The molecule has 29 heavy (non-hydrogen) atoms. The van der Waals surface area contributed by atoms with Gasteiger partial charge in [0.2, 0.25) is 0 Å². The smallest absolute Gasteiger partial charge is 0.267 e. The summed E-state index contributed by atoms with van der Waals surface area (Å²) in [5.74, 6) is 1.39. The second-order valence-corrected chi connectivity index (χ2v) is 7.19. The summed E-state index contributed by atoms with van der Waals surface area (Å²) < 4.78 is 4.87. The van der Waals surface area contributed by atoms with Crippen molar-refractivity contribution in [2.45, 2.75) is 37.8 Å². The van der Waals surface area contributed by atoms with Crippen LogP contribution in [0.25, 0.3) is 16.9 Å². The Morgan fingerprint density at radius 3 is 2.72 bits per heavy atom. The van der Waals surface area contributed by atoms with Gasteiger partial charge in [-0.25, -0.2) is 24.3 Å². The highest BCUT2D eigenvalue weighted by Gasteiger charge is 2.25. The van der Waals surface area contributed by atoms with Gasteiger partial charge in [-0.15, -0.1) is 5.10 Å². The molecule has 0 aromatic carbocycles. The minimum atomic E-state index is -0.0989. The first-order valence-electron chi connectivity index (χ1n) is 9.53. The Kier molecular flexibility index (Phi) is 4.26. The van der Waals surface area contributed by atoms with Crippen LogP contribution >= 0.6 is 0 Å². The topological polar surface area (TPSA) is 121 Å². The lowest BCUT2D eigenvalue weighted by Crippen LogP contribution is -2.33. The minimum absolute atomic E-state index is 0.0628. The monoisotopic (exact) mass is 392 g/mol. The van der Waals surface area contributed by atoms with Crippen molar-refractivity contribution in [1.82, 2.24) is 44.3 Å². The summed E-state index contributed by atoms with van der Waals surface area (Å²) in [6.45, 7) is 0. The molecule has 0 saturated heterocycles. The number of hydrogen-bond acceptors (Lipinski definition) is 8. The van der Waals surface area contributed by atoms with E-state index in [1.54, 1.807) is 39.0 Å². The Balaban J connectivity index is 1.31. The van der Waals surface area contributed by atoms with Gasteiger partial charge in [0.1, 0.15) is 24.8 Å². The highest BCUT2D eigenvalue weighted by molar-refractivity contribution is 5.86. The molecule has 1 aliphatic carbocycles. The molecule has 11 nitrogen and oxygen atoms in total. The highest BCUT2D eigenvalue weighted by atomic mass is 16.1. The summed E-state index contributed by atoms with van der Waals surface area (Å²) in [4.78, 5) is 25.0. The molecule has 1 saturated carbocycles. The van der Waals surface area contributed by atoms with E-state index in [2.05, 4.69) is 35.6 Å². The largest absolute Gasteiger partial charge is 0.367 e. The Morgan fingerprint density at radius 2 is 1.93 bits per heavy atom. The van der Waals surface area contributed by atoms with Crippen molar-refractivity contribution < 1.29 is 0 Å². The van der Waals surface area contributed by atoms with Crippen molar-refractivity contribution in [2.75, 3.05) is 5.32 Å². The molecule has 5 rings (SSSR count). The van der Waals surface area contributed by atoms with Crippen molar-refractivity contribution >= 4 is 16.9 Å². The Bertz CT molecular complexity index is 1190. The van der Waals surface area contributed by atoms with Gasteiger partial charge in [0.05, 0.1) is 17.6 Å². The van der Waals surface area contributed by atoms with Crippen molar-refractivity contribution in [3.05, 3.63) is 47.7 Å². The predicted molar refractivity (Wildman–Crippen MR) is 105 cm³/mol. The lowest BCUT2D eigenvalue weighted by atomic mass is 9.91. The third kappa shape index (κ3) is 3.24. The maximum Gasteiger partial charge on any atom is 0.267 e. The SMILES string of the molecule is Cn1ncc2c(NC3CCC(n4nc(-n5cncn5)ccc4=O)CC3)ncnc21. The molecule has 0 spiro atoms. The molecule has 4 aromatic heterocycles. The Hall–Kier alpha value is -3.63. The van der Waals surface area contributed by atoms with Crippen LogP contribution in [0, 0.1) is 0 Å². The van der Waals surface area contributed by atoms with Gasteiger partial charge in [0, 0.05) is 19.2 Å². The van der Waals surface area contributed by atoms with Gasteiger partial charge in [-0.05, 0) is 31.7 Å². The molecule has 4 heterocycles. The van der Waals surface area contributed by atoms with Crippen LogP contribution in [-0.2, 0) is 7.05 Å². The first-order valence-corrected chi connectivity index (χ1v) is 9.53. The standard InChI is InChI=1S/C18H20N10O/c1-26-18-14(8-22-26)17(20-10-21-18)24-12-2-4-13(5-3-12)28-16(29)7-6-15(25-28)27-11-19-9-23-27/h6-13H,2-5H2,1H3,(H,20,21,24). The normalized spacial score (nSPS) is 19.5. The van der Waals surface area contributed by atoms with E-state index in [4.69, 9.17) is 0 Å². The van der Waals surface area contributed by atoms with Gasteiger partial charge in [-0.2, -0.15) is 10.2 Å². The molecule has 1 aliphatic rings. The zero-order chi connectivity index (χ0) is 19.8. The second-order valence-electron chi connectivity index (χ2n) is 7.19. The fraction of sp³-hybridized carbons (Fsp3) is 0.389. The van der Waals surface area contributed by atoms with Crippen LogP contribution in [0.4, 0.5) is 5.82 Å². The molecular formula is C18H20N10O. The first-order chi connectivity index (χ1) is 14.2. The van der Waals surface area contributed by atoms with Gasteiger partial charge < -0.3 is 5.32 Å². The molecule has 4 aromatic rings. The van der Waals surface area contributed by atoms with Crippen LogP contribution in [-0.4, -0.2) is 50.3 Å². The van der Waals surface area contributed by atoms with Crippen LogP contribution in [0.5, 0.6) is 0 Å². The molecule has 0 aliphatic heterocycles. The number of fused-ring (bicyclic) bond motifs is 1. The lowest BCUT2D eigenvalue weighted by Gasteiger charge is -2.30. The van der Waals surface area contributed by atoms with Crippen molar-refractivity contribution in [3.8, 4) is 5.82 Å². The Labute approximate surface area is 165 Å². The number of aromatic nitrogens is 9. The maximum atomic E-state index is 12.4. The van der Waals surface area contributed by atoms with E-state index in [-0.39, 0.29) is 17.6 Å². The molecule has 148 valence electrons. The van der Waals surface area contributed by atoms with Gasteiger partial charge in [0.25, 0.3) is 5.56 Å². The highest BCUT2D eigenvalue weighted by Crippen LogP contribution is 2.30. The number of rotatable bonds is 4. The van der Waals surface area contributed by atoms with E-state index >= 15 is 0 Å². The quantitative estimate of drug-likeness (QED) is 0.548. The van der Waals surface area contributed by atoms with E-state index in [9.17, 15) is 4.79 Å². The summed E-state index contributed by atoms with van der Waals surface area (Å²) in [6.07, 6.45) is 9.88. The van der Waals surface area contributed by atoms with Crippen LogP contribution < -0.4 is 10.9 Å². The van der Waals surface area contributed by atoms with Gasteiger partial charge in [-0.1, -0.05) is 0 Å². The third-order valence-electron chi connectivity index (χ3n) is 5.38. The molecular weight excluding hydrogens is 372 g/mol. The van der Waals surface area contributed by atoms with E-state index in [1.165, 1.54) is 12.4 Å². The molecule has 0 radical (unpaired) electrons. The van der Waals surface area contributed by atoms with Crippen LogP contribution in [0.3, 0.4) is 0 Å². The fourth-order valence-electron chi connectivity index (χ4n) is 3.86. The van der Waals surface area contributed by atoms with E-state index < -0.39 is 0 Å². The molecule has 1 N–H and O–H groups in total. The molecule has 0 bridgehead atoms. The molecule has 11 heteroatoms.